The number of likely N-dealkylation sites (tertiary alicyclic amines) is 1. The summed E-state index contributed by atoms with van der Waals surface area (Å²) in [4.78, 5) is 3.35. The van der Waals surface area contributed by atoms with E-state index in [2.05, 4.69) is 11.5 Å². The van der Waals surface area contributed by atoms with Crippen molar-refractivity contribution in [1.82, 2.24) is 4.90 Å². The number of hydrogen-bond acceptors (Lipinski definition) is 1. The monoisotopic (exact) mass is 155 g/mol. The zero-order valence-corrected chi connectivity index (χ0v) is 7.21. The summed E-state index contributed by atoms with van der Waals surface area (Å²) in [6, 6.07) is 0. The lowest BCUT2D eigenvalue weighted by atomic mass is 10.3. The Morgan fingerprint density at radius 2 is 2.50 bits per heavy atom. The highest BCUT2D eigenvalue weighted by atomic mass is 32.1. The lowest BCUT2D eigenvalue weighted by molar-refractivity contribution is 0.497. The van der Waals surface area contributed by atoms with Crippen molar-refractivity contribution in [3.63, 3.8) is 0 Å². The van der Waals surface area contributed by atoms with Crippen molar-refractivity contribution in [1.29, 1.82) is 0 Å². The summed E-state index contributed by atoms with van der Waals surface area (Å²) in [6.45, 7) is 7.98. The van der Waals surface area contributed by atoms with Gasteiger partial charge in [-0.05, 0) is 19.8 Å². The van der Waals surface area contributed by atoms with Gasteiger partial charge < -0.3 is 4.90 Å². The van der Waals surface area contributed by atoms with Crippen molar-refractivity contribution in [3.8, 4) is 0 Å². The van der Waals surface area contributed by atoms with E-state index in [4.69, 9.17) is 12.2 Å². The van der Waals surface area contributed by atoms with E-state index in [1.807, 2.05) is 6.92 Å². The summed E-state index contributed by atoms with van der Waals surface area (Å²) in [5.41, 5.74) is 1.20. The van der Waals surface area contributed by atoms with Crippen LogP contribution in [0.5, 0.6) is 0 Å². The van der Waals surface area contributed by atoms with E-state index in [9.17, 15) is 0 Å². The van der Waals surface area contributed by atoms with Crippen LogP contribution in [0.3, 0.4) is 0 Å². The molecule has 56 valence electrons. The molecule has 1 aliphatic heterocycles. The van der Waals surface area contributed by atoms with Gasteiger partial charge in [0.25, 0.3) is 0 Å². The molecule has 1 aliphatic rings. The number of nitrogens with zero attached hydrogens (tertiary/aromatic N) is 1. The van der Waals surface area contributed by atoms with Gasteiger partial charge in [0.1, 0.15) is 0 Å². The Balaban J connectivity index is 2.40. The van der Waals surface area contributed by atoms with Gasteiger partial charge in [0.05, 0.1) is 4.99 Å². The third-order valence-electron chi connectivity index (χ3n) is 1.63. The van der Waals surface area contributed by atoms with Gasteiger partial charge in [0.15, 0.2) is 0 Å². The highest BCUT2D eigenvalue weighted by molar-refractivity contribution is 7.80. The normalized spacial score (nSPS) is 18.1. The standard InChI is InChI=1S/C8H13NS/c1-7(2)6-9-5-3-4-8(9)10/h1,3-6H2,2H3. The van der Waals surface area contributed by atoms with Gasteiger partial charge in [0, 0.05) is 13.1 Å². The Kier molecular flexibility index (Phi) is 2.44. The van der Waals surface area contributed by atoms with Crippen molar-refractivity contribution in [2.45, 2.75) is 19.8 Å². The second-order valence-corrected chi connectivity index (χ2v) is 3.35. The zero-order valence-electron chi connectivity index (χ0n) is 6.39. The van der Waals surface area contributed by atoms with Crippen LogP contribution in [-0.4, -0.2) is 23.0 Å². The van der Waals surface area contributed by atoms with Gasteiger partial charge in [-0.2, -0.15) is 0 Å². The first-order valence-electron chi connectivity index (χ1n) is 3.62. The van der Waals surface area contributed by atoms with Gasteiger partial charge >= 0.3 is 0 Å². The van der Waals surface area contributed by atoms with Crippen molar-refractivity contribution in [3.05, 3.63) is 12.2 Å². The van der Waals surface area contributed by atoms with E-state index in [-0.39, 0.29) is 0 Å². The van der Waals surface area contributed by atoms with Gasteiger partial charge in [-0.1, -0.05) is 24.4 Å². The van der Waals surface area contributed by atoms with Crippen molar-refractivity contribution < 1.29 is 0 Å². The first-order valence-corrected chi connectivity index (χ1v) is 4.03. The summed E-state index contributed by atoms with van der Waals surface area (Å²) in [6.07, 6.45) is 2.33. The molecule has 1 rings (SSSR count). The van der Waals surface area contributed by atoms with E-state index in [1.165, 1.54) is 12.0 Å². The molecule has 0 N–H and O–H groups in total. The predicted octanol–water partition coefficient (Wildman–Crippen LogP) is 1.99. The molecule has 1 heterocycles. The number of thiocarbonyl (C=S) groups is 1. The molecule has 0 amide bonds. The van der Waals surface area contributed by atoms with Crippen LogP contribution >= 0.6 is 12.2 Å². The molecule has 0 aliphatic carbocycles. The molecule has 0 aromatic heterocycles. The third-order valence-corrected chi connectivity index (χ3v) is 2.09. The molecule has 0 aromatic carbocycles. The average molecular weight is 155 g/mol. The van der Waals surface area contributed by atoms with Crippen LogP contribution in [0, 0.1) is 0 Å². The summed E-state index contributed by atoms with van der Waals surface area (Å²) < 4.78 is 0. The van der Waals surface area contributed by atoms with Crippen molar-refractivity contribution >= 4 is 17.2 Å². The van der Waals surface area contributed by atoms with Crippen LogP contribution in [-0.2, 0) is 0 Å². The number of rotatable bonds is 2. The van der Waals surface area contributed by atoms with E-state index in [0.717, 1.165) is 24.5 Å². The molecule has 0 atom stereocenters. The molecule has 0 bridgehead atoms. The SMILES string of the molecule is C=C(C)CN1CCCC1=S. The van der Waals surface area contributed by atoms with E-state index in [1.54, 1.807) is 0 Å². The maximum Gasteiger partial charge on any atom is 0.0782 e. The highest BCUT2D eigenvalue weighted by Gasteiger charge is 2.15. The fraction of sp³-hybridized carbons (Fsp3) is 0.625. The van der Waals surface area contributed by atoms with Crippen LogP contribution in [0.1, 0.15) is 19.8 Å². The molecule has 1 nitrogen and oxygen atoms in total. The van der Waals surface area contributed by atoms with E-state index in [0.29, 0.717) is 0 Å². The largest absolute Gasteiger partial charge is 0.362 e. The Morgan fingerprint density at radius 1 is 1.80 bits per heavy atom. The summed E-state index contributed by atoms with van der Waals surface area (Å²) in [5.74, 6) is 0. The molecule has 0 spiro atoms. The second-order valence-electron chi connectivity index (χ2n) is 2.88. The summed E-state index contributed by atoms with van der Waals surface area (Å²) in [7, 11) is 0. The lowest BCUT2D eigenvalue weighted by Crippen LogP contribution is -2.24. The maximum atomic E-state index is 5.14. The quantitative estimate of drug-likeness (QED) is 0.443. The Morgan fingerprint density at radius 3 is 2.90 bits per heavy atom. The van der Waals surface area contributed by atoms with Gasteiger partial charge in [-0.3, -0.25) is 0 Å². The second kappa shape index (κ2) is 3.15. The fourth-order valence-corrected chi connectivity index (χ4v) is 1.50. The Bertz CT molecular complexity index is 163. The zero-order chi connectivity index (χ0) is 7.56. The smallest absolute Gasteiger partial charge is 0.0782 e. The van der Waals surface area contributed by atoms with E-state index < -0.39 is 0 Å². The topological polar surface area (TPSA) is 3.24 Å². The molecule has 0 unspecified atom stereocenters. The van der Waals surface area contributed by atoms with Crippen LogP contribution in [0.2, 0.25) is 0 Å². The van der Waals surface area contributed by atoms with Gasteiger partial charge in [-0.25, -0.2) is 0 Å². The Labute approximate surface area is 67.7 Å². The van der Waals surface area contributed by atoms with Gasteiger partial charge in [0.2, 0.25) is 0 Å². The van der Waals surface area contributed by atoms with Crippen LogP contribution in [0.15, 0.2) is 12.2 Å². The first kappa shape index (κ1) is 7.73. The molecule has 2 heteroatoms. The molecule has 1 saturated heterocycles. The molecule has 1 fully saturated rings. The van der Waals surface area contributed by atoms with Crippen molar-refractivity contribution in [2.24, 2.45) is 0 Å². The Hall–Kier alpha value is -0.370. The molecule has 0 saturated carbocycles. The predicted molar refractivity (Wildman–Crippen MR) is 48.2 cm³/mol. The molecular weight excluding hydrogens is 142 g/mol. The fourth-order valence-electron chi connectivity index (χ4n) is 1.20. The first-order chi connectivity index (χ1) is 4.70. The third kappa shape index (κ3) is 1.81. The maximum absolute atomic E-state index is 5.14. The lowest BCUT2D eigenvalue weighted by Gasteiger charge is -2.16. The van der Waals surface area contributed by atoms with Crippen molar-refractivity contribution in [2.75, 3.05) is 13.1 Å². The molecular formula is C8H13NS. The molecule has 0 radical (unpaired) electrons. The average Bonchev–Trinajstić information content (AvgIpc) is 2.15. The van der Waals surface area contributed by atoms with Crippen LogP contribution in [0.4, 0.5) is 0 Å². The minimum absolute atomic E-state index is 0.957. The summed E-state index contributed by atoms with van der Waals surface area (Å²) in [5, 5.41) is 0. The van der Waals surface area contributed by atoms with Gasteiger partial charge in [-0.15, -0.1) is 0 Å². The number of hydrogen-bond donors (Lipinski definition) is 0. The summed E-state index contributed by atoms with van der Waals surface area (Å²) >= 11 is 5.14. The van der Waals surface area contributed by atoms with Crippen LogP contribution in [0.25, 0.3) is 0 Å². The highest BCUT2D eigenvalue weighted by Crippen LogP contribution is 2.12. The minimum atomic E-state index is 0.957. The minimum Gasteiger partial charge on any atom is -0.362 e. The molecule has 0 aromatic rings. The molecule has 10 heavy (non-hydrogen) atoms. The van der Waals surface area contributed by atoms with E-state index >= 15 is 0 Å². The van der Waals surface area contributed by atoms with Crippen LogP contribution < -0.4 is 0 Å².